The van der Waals surface area contributed by atoms with Crippen molar-refractivity contribution < 1.29 is 4.74 Å². The first-order chi connectivity index (χ1) is 10.2. The Morgan fingerprint density at radius 2 is 1.67 bits per heavy atom. The van der Waals surface area contributed by atoms with E-state index in [0.29, 0.717) is 18.6 Å². The Balaban J connectivity index is 1.95. The van der Waals surface area contributed by atoms with Crippen LogP contribution in [0.25, 0.3) is 0 Å². The maximum Gasteiger partial charge on any atom is 0.119 e. The Morgan fingerprint density at radius 3 is 2.24 bits per heavy atom. The molecule has 112 valence electrons. The molecule has 0 aliphatic rings. The van der Waals surface area contributed by atoms with Crippen molar-refractivity contribution in [3.63, 3.8) is 0 Å². The molecule has 0 fully saturated rings. The standard InChI is InChI=1S/C19H25NO/c1-4-19(20-3)15(2)17-10-12-18(13-11-17)21-14-16-8-6-5-7-9-16/h5-13,15,19-20H,4,14H2,1-3H3. The van der Waals surface area contributed by atoms with Gasteiger partial charge in [0, 0.05) is 6.04 Å². The molecule has 2 aromatic rings. The molecular formula is C19H25NO. The second-order valence-electron chi connectivity index (χ2n) is 5.44. The van der Waals surface area contributed by atoms with Crippen LogP contribution in [0, 0.1) is 0 Å². The summed E-state index contributed by atoms with van der Waals surface area (Å²) in [5.74, 6) is 1.43. The summed E-state index contributed by atoms with van der Waals surface area (Å²) in [6.45, 7) is 5.10. The van der Waals surface area contributed by atoms with Gasteiger partial charge in [-0.25, -0.2) is 0 Å². The highest BCUT2D eigenvalue weighted by molar-refractivity contribution is 5.30. The van der Waals surface area contributed by atoms with Gasteiger partial charge in [-0.05, 0) is 42.6 Å². The van der Waals surface area contributed by atoms with Crippen molar-refractivity contribution in [2.75, 3.05) is 7.05 Å². The number of hydrogen-bond donors (Lipinski definition) is 1. The van der Waals surface area contributed by atoms with Crippen molar-refractivity contribution in [1.82, 2.24) is 5.32 Å². The third kappa shape index (κ3) is 4.33. The van der Waals surface area contributed by atoms with E-state index in [0.717, 1.165) is 12.2 Å². The molecule has 0 aliphatic heterocycles. The summed E-state index contributed by atoms with van der Waals surface area (Å²) >= 11 is 0. The summed E-state index contributed by atoms with van der Waals surface area (Å²) in [5, 5.41) is 3.38. The lowest BCUT2D eigenvalue weighted by molar-refractivity contribution is 0.306. The number of ether oxygens (including phenoxy) is 1. The summed E-state index contributed by atoms with van der Waals surface area (Å²) in [6, 6.07) is 19.2. The Kier molecular flexibility index (Phi) is 5.82. The monoisotopic (exact) mass is 283 g/mol. The van der Waals surface area contributed by atoms with Crippen molar-refractivity contribution in [2.45, 2.75) is 38.8 Å². The van der Waals surface area contributed by atoms with E-state index >= 15 is 0 Å². The summed E-state index contributed by atoms with van der Waals surface area (Å²) in [5.41, 5.74) is 2.54. The van der Waals surface area contributed by atoms with Gasteiger partial charge in [-0.1, -0.05) is 56.3 Å². The Bertz CT molecular complexity index is 517. The molecule has 0 saturated heterocycles. The zero-order chi connectivity index (χ0) is 15.1. The van der Waals surface area contributed by atoms with Crippen molar-refractivity contribution in [3.8, 4) is 5.75 Å². The average Bonchev–Trinajstić information content (AvgIpc) is 2.55. The molecule has 0 aliphatic carbocycles. The maximum absolute atomic E-state index is 5.82. The van der Waals surface area contributed by atoms with E-state index in [4.69, 9.17) is 4.74 Å². The van der Waals surface area contributed by atoms with E-state index in [2.05, 4.69) is 55.6 Å². The van der Waals surface area contributed by atoms with E-state index in [9.17, 15) is 0 Å². The van der Waals surface area contributed by atoms with E-state index in [1.165, 1.54) is 11.1 Å². The molecular weight excluding hydrogens is 258 g/mol. The molecule has 2 nitrogen and oxygen atoms in total. The van der Waals surface area contributed by atoms with Gasteiger partial charge in [-0.15, -0.1) is 0 Å². The molecule has 0 amide bonds. The first-order valence-electron chi connectivity index (χ1n) is 7.68. The van der Waals surface area contributed by atoms with Crippen molar-refractivity contribution in [2.24, 2.45) is 0 Å². The fourth-order valence-corrected chi connectivity index (χ4v) is 2.65. The average molecular weight is 283 g/mol. The number of hydrogen-bond acceptors (Lipinski definition) is 2. The van der Waals surface area contributed by atoms with E-state index in [-0.39, 0.29) is 0 Å². The van der Waals surface area contributed by atoms with Crippen LogP contribution >= 0.6 is 0 Å². The van der Waals surface area contributed by atoms with E-state index in [1.54, 1.807) is 0 Å². The Morgan fingerprint density at radius 1 is 1.00 bits per heavy atom. The maximum atomic E-state index is 5.82. The first-order valence-corrected chi connectivity index (χ1v) is 7.68. The van der Waals surface area contributed by atoms with Gasteiger partial charge in [0.05, 0.1) is 0 Å². The number of likely N-dealkylation sites (N-methyl/N-ethyl adjacent to an activating group) is 1. The van der Waals surface area contributed by atoms with Crippen LogP contribution in [-0.4, -0.2) is 13.1 Å². The lowest BCUT2D eigenvalue weighted by Gasteiger charge is -2.22. The number of benzene rings is 2. The molecule has 0 spiro atoms. The molecule has 2 atom stereocenters. The van der Waals surface area contributed by atoms with Gasteiger partial charge in [0.1, 0.15) is 12.4 Å². The Labute approximate surface area is 128 Å². The molecule has 21 heavy (non-hydrogen) atoms. The molecule has 0 saturated carbocycles. The number of rotatable bonds is 7. The van der Waals surface area contributed by atoms with E-state index < -0.39 is 0 Å². The lowest BCUT2D eigenvalue weighted by atomic mass is 9.92. The summed E-state index contributed by atoms with van der Waals surface area (Å²) in [6.07, 6.45) is 1.13. The second-order valence-corrected chi connectivity index (χ2v) is 5.44. The predicted molar refractivity (Wildman–Crippen MR) is 88.8 cm³/mol. The smallest absolute Gasteiger partial charge is 0.119 e. The zero-order valence-electron chi connectivity index (χ0n) is 13.2. The summed E-state index contributed by atoms with van der Waals surface area (Å²) < 4.78 is 5.82. The Hall–Kier alpha value is -1.80. The third-order valence-corrected chi connectivity index (χ3v) is 4.07. The van der Waals surface area contributed by atoms with Gasteiger partial charge in [0.2, 0.25) is 0 Å². The molecule has 0 aromatic heterocycles. The fourth-order valence-electron chi connectivity index (χ4n) is 2.65. The van der Waals surface area contributed by atoms with E-state index in [1.807, 2.05) is 25.2 Å². The van der Waals surface area contributed by atoms with Crippen LogP contribution in [0.4, 0.5) is 0 Å². The highest BCUT2D eigenvalue weighted by atomic mass is 16.5. The minimum Gasteiger partial charge on any atom is -0.489 e. The normalized spacial score (nSPS) is 13.7. The van der Waals surface area contributed by atoms with Crippen LogP contribution in [0.1, 0.15) is 37.3 Å². The topological polar surface area (TPSA) is 21.3 Å². The molecule has 1 N–H and O–H groups in total. The first kappa shape index (κ1) is 15.6. The van der Waals surface area contributed by atoms with Crippen molar-refractivity contribution in [1.29, 1.82) is 0 Å². The number of nitrogens with one attached hydrogen (secondary N) is 1. The quantitative estimate of drug-likeness (QED) is 0.815. The molecule has 2 aromatic carbocycles. The minimum absolute atomic E-state index is 0.503. The fraction of sp³-hybridized carbons (Fsp3) is 0.368. The van der Waals surface area contributed by atoms with Crippen LogP contribution in [0.5, 0.6) is 5.75 Å². The molecule has 0 radical (unpaired) electrons. The molecule has 2 unspecified atom stereocenters. The van der Waals surface area contributed by atoms with Gasteiger partial charge in [-0.3, -0.25) is 0 Å². The second kappa shape index (κ2) is 7.84. The molecule has 2 rings (SSSR count). The highest BCUT2D eigenvalue weighted by Gasteiger charge is 2.15. The van der Waals surface area contributed by atoms with Gasteiger partial charge >= 0.3 is 0 Å². The van der Waals surface area contributed by atoms with Gasteiger partial charge in [0.15, 0.2) is 0 Å². The molecule has 0 bridgehead atoms. The molecule has 0 heterocycles. The lowest BCUT2D eigenvalue weighted by Crippen LogP contribution is -2.29. The third-order valence-electron chi connectivity index (χ3n) is 4.07. The van der Waals surface area contributed by atoms with Crippen LogP contribution in [-0.2, 0) is 6.61 Å². The minimum atomic E-state index is 0.503. The molecule has 2 heteroatoms. The van der Waals surface area contributed by atoms with Gasteiger partial charge in [-0.2, -0.15) is 0 Å². The van der Waals surface area contributed by atoms with Crippen LogP contribution in [0.3, 0.4) is 0 Å². The van der Waals surface area contributed by atoms with Crippen LogP contribution in [0.15, 0.2) is 54.6 Å². The SMILES string of the molecule is CCC(NC)C(C)c1ccc(OCc2ccccc2)cc1. The van der Waals surface area contributed by atoms with Crippen LogP contribution < -0.4 is 10.1 Å². The largest absolute Gasteiger partial charge is 0.489 e. The predicted octanol–water partition coefficient (Wildman–Crippen LogP) is 4.37. The summed E-state index contributed by atoms with van der Waals surface area (Å²) in [4.78, 5) is 0. The van der Waals surface area contributed by atoms with Crippen molar-refractivity contribution >= 4 is 0 Å². The highest BCUT2D eigenvalue weighted by Crippen LogP contribution is 2.23. The van der Waals surface area contributed by atoms with Gasteiger partial charge in [0.25, 0.3) is 0 Å². The van der Waals surface area contributed by atoms with Crippen molar-refractivity contribution in [3.05, 3.63) is 65.7 Å². The summed E-state index contributed by atoms with van der Waals surface area (Å²) in [7, 11) is 2.03. The van der Waals surface area contributed by atoms with Crippen LogP contribution in [0.2, 0.25) is 0 Å². The van der Waals surface area contributed by atoms with Gasteiger partial charge < -0.3 is 10.1 Å². The zero-order valence-corrected chi connectivity index (χ0v) is 13.2.